The van der Waals surface area contributed by atoms with E-state index in [-0.39, 0.29) is 11.6 Å². The zero-order chi connectivity index (χ0) is 20.9. The van der Waals surface area contributed by atoms with Crippen LogP contribution in [0.15, 0.2) is 62.9 Å². The number of amides is 1. The molecule has 4 rings (SSSR count). The molecule has 0 unspecified atom stereocenters. The Balaban J connectivity index is 1.58. The zero-order valence-corrected chi connectivity index (χ0v) is 17.5. The van der Waals surface area contributed by atoms with Gasteiger partial charge < -0.3 is 14.2 Å². The highest BCUT2D eigenvalue weighted by atomic mass is 32.2. The molecule has 0 atom stereocenters. The topological polar surface area (TPSA) is 99.0 Å². The third-order valence-corrected chi connectivity index (χ3v) is 5.19. The molecule has 0 spiro atoms. The van der Waals surface area contributed by atoms with Crippen LogP contribution in [-0.4, -0.2) is 32.2 Å². The second kappa shape index (κ2) is 9.00. The van der Waals surface area contributed by atoms with E-state index < -0.39 is 0 Å². The number of benzene rings is 1. The number of carbonyl (C=O) groups is 1. The summed E-state index contributed by atoms with van der Waals surface area (Å²) in [7, 11) is 0. The Labute approximate surface area is 177 Å². The summed E-state index contributed by atoms with van der Waals surface area (Å²) in [6.07, 6.45) is 3.84. The number of hydrogen-bond donors (Lipinski definition) is 1. The molecule has 0 saturated carbocycles. The summed E-state index contributed by atoms with van der Waals surface area (Å²) in [5.74, 6) is 1.85. The lowest BCUT2D eigenvalue weighted by Crippen LogP contribution is -2.24. The zero-order valence-electron chi connectivity index (χ0n) is 16.7. The first-order chi connectivity index (χ1) is 14.7. The molecule has 1 aromatic carbocycles. The Morgan fingerprint density at radius 3 is 2.87 bits per heavy atom. The van der Waals surface area contributed by atoms with Gasteiger partial charge in [-0.15, -0.1) is 10.2 Å². The summed E-state index contributed by atoms with van der Waals surface area (Å²) in [6.45, 7) is 4.63. The van der Waals surface area contributed by atoms with E-state index in [1.54, 1.807) is 6.26 Å². The number of aryl methyl sites for hydroxylation is 1. The van der Waals surface area contributed by atoms with Crippen molar-refractivity contribution in [1.29, 1.82) is 0 Å². The van der Waals surface area contributed by atoms with E-state index in [1.165, 1.54) is 18.0 Å². The van der Waals surface area contributed by atoms with Crippen LogP contribution in [0.25, 0.3) is 17.3 Å². The fraction of sp³-hybridized carbons (Fsp3) is 0.238. The van der Waals surface area contributed by atoms with Crippen molar-refractivity contribution in [2.75, 3.05) is 6.54 Å². The maximum atomic E-state index is 12.0. The number of carbonyl (C=O) groups excluding carboxylic acids is 1. The molecule has 1 N–H and O–H groups in total. The van der Waals surface area contributed by atoms with Crippen molar-refractivity contribution < 1.29 is 13.6 Å². The summed E-state index contributed by atoms with van der Waals surface area (Å²) in [5.41, 5.74) is 2.33. The van der Waals surface area contributed by atoms with Gasteiger partial charge in [-0.1, -0.05) is 30.8 Å². The quantitative estimate of drug-likeness (QED) is 0.423. The fourth-order valence-corrected chi connectivity index (χ4v) is 3.67. The van der Waals surface area contributed by atoms with Crippen molar-refractivity contribution in [2.45, 2.75) is 31.2 Å². The Kier molecular flexibility index (Phi) is 5.99. The second-order valence-corrected chi connectivity index (χ2v) is 7.57. The van der Waals surface area contributed by atoms with E-state index in [0.29, 0.717) is 34.9 Å². The predicted octanol–water partition coefficient (Wildman–Crippen LogP) is 4.26. The van der Waals surface area contributed by atoms with Gasteiger partial charge in [0.05, 0.1) is 17.7 Å². The van der Waals surface area contributed by atoms with Gasteiger partial charge in [-0.05, 0) is 43.2 Å². The highest BCUT2D eigenvalue weighted by molar-refractivity contribution is 7.98. The summed E-state index contributed by atoms with van der Waals surface area (Å²) in [6, 6.07) is 11.7. The summed E-state index contributed by atoms with van der Waals surface area (Å²) < 4.78 is 12.9. The maximum Gasteiger partial charge on any atom is 0.273 e. The number of nitrogens with one attached hydrogen (secondary N) is 1. The summed E-state index contributed by atoms with van der Waals surface area (Å²) in [5, 5.41) is 12.1. The SMILES string of the molecule is CCCNC(=O)c1coc(CSc2nnc(-c3ccco3)n2-c2cccc(C)c2)n1. The Bertz CT molecular complexity index is 1130. The average molecular weight is 423 g/mol. The minimum absolute atomic E-state index is 0.236. The van der Waals surface area contributed by atoms with Gasteiger partial charge in [0.2, 0.25) is 11.7 Å². The lowest BCUT2D eigenvalue weighted by atomic mass is 10.2. The van der Waals surface area contributed by atoms with Crippen LogP contribution in [0.3, 0.4) is 0 Å². The molecule has 3 aromatic heterocycles. The van der Waals surface area contributed by atoms with Gasteiger partial charge in [-0.3, -0.25) is 9.36 Å². The van der Waals surface area contributed by atoms with Crippen molar-refractivity contribution >= 4 is 17.7 Å². The second-order valence-electron chi connectivity index (χ2n) is 6.63. The van der Waals surface area contributed by atoms with E-state index in [9.17, 15) is 4.79 Å². The van der Waals surface area contributed by atoms with E-state index in [1.807, 2.05) is 48.7 Å². The molecule has 9 heteroatoms. The number of rotatable bonds is 8. The third kappa shape index (κ3) is 4.30. The first-order valence-corrected chi connectivity index (χ1v) is 10.6. The minimum Gasteiger partial charge on any atom is -0.461 e. The van der Waals surface area contributed by atoms with E-state index in [4.69, 9.17) is 8.83 Å². The molecular formula is C21H21N5O3S. The number of aromatic nitrogens is 4. The molecule has 0 radical (unpaired) electrons. The molecule has 154 valence electrons. The maximum absolute atomic E-state index is 12.0. The predicted molar refractivity (Wildman–Crippen MR) is 112 cm³/mol. The first kappa shape index (κ1) is 20.0. The number of nitrogens with zero attached hydrogens (tertiary/aromatic N) is 4. The fourth-order valence-electron chi connectivity index (χ4n) is 2.87. The van der Waals surface area contributed by atoms with E-state index in [2.05, 4.69) is 26.6 Å². The van der Waals surface area contributed by atoms with Crippen LogP contribution < -0.4 is 5.32 Å². The minimum atomic E-state index is -0.236. The molecule has 0 aliphatic heterocycles. The number of hydrogen-bond acceptors (Lipinski definition) is 7. The molecule has 0 saturated heterocycles. The Hall–Kier alpha value is -3.33. The average Bonchev–Trinajstić information content (AvgIpc) is 3.50. The standard InChI is InChI=1S/C21H21N5O3S/c1-3-9-22-20(27)16-12-29-18(23-16)13-30-21-25-24-19(17-8-5-10-28-17)26(21)15-7-4-6-14(2)11-15/h4-8,10-12H,3,9,13H2,1-2H3,(H,22,27). The van der Waals surface area contributed by atoms with Crippen molar-refractivity contribution in [2.24, 2.45) is 0 Å². The van der Waals surface area contributed by atoms with Crippen LogP contribution in [0.1, 0.15) is 35.3 Å². The van der Waals surface area contributed by atoms with Crippen LogP contribution in [0.5, 0.6) is 0 Å². The highest BCUT2D eigenvalue weighted by Gasteiger charge is 2.19. The van der Waals surface area contributed by atoms with Crippen molar-refractivity contribution in [3.8, 4) is 17.3 Å². The molecule has 0 fully saturated rings. The summed E-state index contributed by atoms with van der Waals surface area (Å²) in [4.78, 5) is 16.3. The van der Waals surface area contributed by atoms with Crippen molar-refractivity contribution in [3.05, 3.63) is 66.1 Å². The van der Waals surface area contributed by atoms with Gasteiger partial charge in [-0.25, -0.2) is 4.98 Å². The smallest absolute Gasteiger partial charge is 0.273 e. The first-order valence-electron chi connectivity index (χ1n) is 9.57. The molecule has 1 amide bonds. The monoisotopic (exact) mass is 423 g/mol. The largest absolute Gasteiger partial charge is 0.461 e. The van der Waals surface area contributed by atoms with Gasteiger partial charge >= 0.3 is 0 Å². The normalized spacial score (nSPS) is 11.0. The van der Waals surface area contributed by atoms with Gasteiger partial charge in [0.25, 0.3) is 5.91 Å². The molecular weight excluding hydrogens is 402 g/mol. The van der Waals surface area contributed by atoms with Crippen molar-refractivity contribution in [1.82, 2.24) is 25.1 Å². The number of oxazole rings is 1. The molecule has 8 nitrogen and oxygen atoms in total. The molecule has 0 bridgehead atoms. The van der Waals surface area contributed by atoms with E-state index in [0.717, 1.165) is 17.7 Å². The molecule has 0 aliphatic rings. The van der Waals surface area contributed by atoms with Gasteiger partial charge in [0.15, 0.2) is 16.6 Å². The van der Waals surface area contributed by atoms with Gasteiger partial charge in [0.1, 0.15) is 6.26 Å². The van der Waals surface area contributed by atoms with Crippen molar-refractivity contribution in [3.63, 3.8) is 0 Å². The molecule has 0 aliphatic carbocycles. The van der Waals surface area contributed by atoms with E-state index >= 15 is 0 Å². The highest BCUT2D eigenvalue weighted by Crippen LogP contribution is 2.30. The summed E-state index contributed by atoms with van der Waals surface area (Å²) >= 11 is 1.42. The van der Waals surface area contributed by atoms with Crippen LogP contribution in [0.4, 0.5) is 0 Å². The molecule has 3 heterocycles. The van der Waals surface area contributed by atoms with Crippen LogP contribution in [0.2, 0.25) is 0 Å². The lowest BCUT2D eigenvalue weighted by molar-refractivity contribution is 0.0948. The number of furan rings is 1. The Morgan fingerprint density at radius 2 is 2.10 bits per heavy atom. The lowest BCUT2D eigenvalue weighted by Gasteiger charge is -2.09. The molecule has 4 aromatic rings. The third-order valence-electron chi connectivity index (χ3n) is 4.28. The Morgan fingerprint density at radius 1 is 1.20 bits per heavy atom. The molecule has 30 heavy (non-hydrogen) atoms. The van der Waals surface area contributed by atoms with Gasteiger partial charge in [-0.2, -0.15) is 0 Å². The van der Waals surface area contributed by atoms with Crippen LogP contribution in [-0.2, 0) is 5.75 Å². The van der Waals surface area contributed by atoms with Gasteiger partial charge in [0, 0.05) is 6.54 Å². The van der Waals surface area contributed by atoms with Crippen LogP contribution in [0, 0.1) is 6.92 Å². The van der Waals surface area contributed by atoms with Crippen LogP contribution >= 0.6 is 11.8 Å². The number of thioether (sulfide) groups is 1.